The van der Waals surface area contributed by atoms with E-state index in [9.17, 15) is 4.39 Å². The molecule has 0 aliphatic rings. The fraction of sp³-hybridized carbons (Fsp3) is 0.455. The van der Waals surface area contributed by atoms with Gasteiger partial charge in [-0.2, -0.15) is 0 Å². The van der Waals surface area contributed by atoms with Crippen LogP contribution >= 0.6 is 0 Å². The highest BCUT2D eigenvalue weighted by molar-refractivity contribution is 5.44. The van der Waals surface area contributed by atoms with Crippen LogP contribution in [0.4, 0.5) is 10.1 Å². The van der Waals surface area contributed by atoms with Crippen LogP contribution in [0, 0.1) is 11.2 Å². The number of para-hydroxylation sites is 1. The standard InChI is InChI=1S/C11H16FNO/c1-11(2,8-14)7-13-10-6-4-3-5-9(10)12/h3-6,13-14H,7-8H2,1-2H3. The van der Waals surface area contributed by atoms with Crippen molar-refractivity contribution in [3.63, 3.8) is 0 Å². The molecule has 0 saturated carbocycles. The van der Waals surface area contributed by atoms with E-state index in [-0.39, 0.29) is 17.8 Å². The second-order valence-corrected chi connectivity index (χ2v) is 4.16. The van der Waals surface area contributed by atoms with Crippen molar-refractivity contribution in [3.05, 3.63) is 30.1 Å². The average Bonchev–Trinajstić information content (AvgIpc) is 2.17. The summed E-state index contributed by atoms with van der Waals surface area (Å²) in [5, 5.41) is 12.0. The number of hydrogen-bond acceptors (Lipinski definition) is 2. The lowest BCUT2D eigenvalue weighted by Crippen LogP contribution is -2.27. The number of nitrogens with one attached hydrogen (secondary N) is 1. The zero-order valence-electron chi connectivity index (χ0n) is 8.55. The summed E-state index contributed by atoms with van der Waals surface area (Å²) in [5.74, 6) is -0.263. The minimum absolute atomic E-state index is 0.0778. The van der Waals surface area contributed by atoms with E-state index in [1.54, 1.807) is 18.2 Å². The molecule has 0 fully saturated rings. The van der Waals surface area contributed by atoms with E-state index >= 15 is 0 Å². The molecule has 0 saturated heterocycles. The van der Waals surface area contributed by atoms with Gasteiger partial charge in [-0.3, -0.25) is 0 Å². The molecule has 2 N–H and O–H groups in total. The molecule has 78 valence electrons. The third kappa shape index (κ3) is 3.00. The number of rotatable bonds is 4. The minimum atomic E-state index is -0.263. The van der Waals surface area contributed by atoms with Crippen molar-refractivity contribution in [1.29, 1.82) is 0 Å². The van der Waals surface area contributed by atoms with Crippen LogP contribution in [-0.4, -0.2) is 18.3 Å². The van der Waals surface area contributed by atoms with Crippen LogP contribution in [0.25, 0.3) is 0 Å². The summed E-state index contributed by atoms with van der Waals surface area (Å²) in [6.45, 7) is 4.46. The first-order chi connectivity index (χ1) is 6.55. The van der Waals surface area contributed by atoms with Crippen LogP contribution in [0.2, 0.25) is 0 Å². The lowest BCUT2D eigenvalue weighted by Gasteiger charge is -2.22. The van der Waals surface area contributed by atoms with Gasteiger partial charge in [-0.1, -0.05) is 26.0 Å². The maximum absolute atomic E-state index is 13.1. The molecule has 0 amide bonds. The highest BCUT2D eigenvalue weighted by Gasteiger charge is 2.16. The van der Waals surface area contributed by atoms with Crippen molar-refractivity contribution in [3.8, 4) is 0 Å². The fourth-order valence-electron chi connectivity index (χ4n) is 0.995. The van der Waals surface area contributed by atoms with Crippen molar-refractivity contribution >= 4 is 5.69 Å². The molecule has 0 aliphatic carbocycles. The summed E-state index contributed by atoms with van der Waals surface area (Å²) in [6, 6.07) is 6.52. The Hall–Kier alpha value is -1.09. The fourth-order valence-corrected chi connectivity index (χ4v) is 0.995. The molecule has 0 radical (unpaired) electrons. The number of aliphatic hydroxyl groups is 1. The van der Waals surface area contributed by atoms with Crippen molar-refractivity contribution in [2.75, 3.05) is 18.5 Å². The first-order valence-corrected chi connectivity index (χ1v) is 4.64. The number of anilines is 1. The van der Waals surface area contributed by atoms with Crippen LogP contribution in [0.5, 0.6) is 0 Å². The Morgan fingerprint density at radius 3 is 2.57 bits per heavy atom. The zero-order chi connectivity index (χ0) is 10.6. The van der Waals surface area contributed by atoms with Gasteiger partial charge in [-0.15, -0.1) is 0 Å². The van der Waals surface area contributed by atoms with Gasteiger partial charge in [0, 0.05) is 18.6 Å². The molecular weight excluding hydrogens is 181 g/mol. The maximum atomic E-state index is 13.1. The Morgan fingerprint density at radius 1 is 1.36 bits per heavy atom. The summed E-state index contributed by atoms with van der Waals surface area (Å²) in [4.78, 5) is 0. The first-order valence-electron chi connectivity index (χ1n) is 4.64. The monoisotopic (exact) mass is 197 g/mol. The number of hydrogen-bond donors (Lipinski definition) is 2. The molecule has 0 aromatic heterocycles. The third-order valence-corrected chi connectivity index (χ3v) is 2.06. The third-order valence-electron chi connectivity index (χ3n) is 2.06. The Labute approximate surface area is 83.8 Å². The van der Waals surface area contributed by atoms with E-state index in [4.69, 9.17) is 5.11 Å². The normalized spacial score (nSPS) is 11.4. The van der Waals surface area contributed by atoms with E-state index in [1.807, 2.05) is 13.8 Å². The van der Waals surface area contributed by atoms with Crippen molar-refractivity contribution < 1.29 is 9.50 Å². The molecule has 2 nitrogen and oxygen atoms in total. The van der Waals surface area contributed by atoms with Crippen LogP contribution in [0.15, 0.2) is 24.3 Å². The van der Waals surface area contributed by atoms with Crippen LogP contribution in [0.3, 0.4) is 0 Å². The van der Waals surface area contributed by atoms with Gasteiger partial charge in [-0.05, 0) is 12.1 Å². The summed E-state index contributed by atoms with van der Waals surface area (Å²) in [6.07, 6.45) is 0. The van der Waals surface area contributed by atoms with E-state index in [0.717, 1.165) is 0 Å². The average molecular weight is 197 g/mol. The van der Waals surface area contributed by atoms with Gasteiger partial charge in [0.15, 0.2) is 0 Å². The molecule has 0 atom stereocenters. The second kappa shape index (κ2) is 4.42. The topological polar surface area (TPSA) is 32.3 Å². The van der Waals surface area contributed by atoms with E-state index in [2.05, 4.69) is 5.32 Å². The Balaban J connectivity index is 2.58. The molecule has 0 unspecified atom stereocenters. The molecule has 0 heterocycles. The second-order valence-electron chi connectivity index (χ2n) is 4.16. The van der Waals surface area contributed by atoms with Crippen LogP contribution in [0.1, 0.15) is 13.8 Å². The van der Waals surface area contributed by atoms with E-state index < -0.39 is 0 Å². The largest absolute Gasteiger partial charge is 0.396 e. The number of aliphatic hydroxyl groups excluding tert-OH is 1. The predicted molar refractivity (Wildman–Crippen MR) is 55.8 cm³/mol. The lowest BCUT2D eigenvalue weighted by molar-refractivity contribution is 0.170. The molecule has 1 aromatic carbocycles. The predicted octanol–water partition coefficient (Wildman–Crippen LogP) is 2.26. The number of halogens is 1. The Morgan fingerprint density at radius 2 is 2.00 bits per heavy atom. The van der Waals surface area contributed by atoms with Crippen molar-refractivity contribution in [2.45, 2.75) is 13.8 Å². The Kier molecular flexibility index (Phi) is 3.47. The quantitative estimate of drug-likeness (QED) is 0.776. The smallest absolute Gasteiger partial charge is 0.146 e. The maximum Gasteiger partial charge on any atom is 0.146 e. The summed E-state index contributed by atoms with van der Waals surface area (Å²) in [5.41, 5.74) is 0.247. The van der Waals surface area contributed by atoms with E-state index in [1.165, 1.54) is 6.07 Å². The summed E-state index contributed by atoms with van der Waals surface area (Å²) >= 11 is 0. The van der Waals surface area contributed by atoms with Gasteiger partial charge in [0.1, 0.15) is 5.82 Å². The summed E-state index contributed by atoms with van der Waals surface area (Å²) < 4.78 is 13.1. The molecular formula is C11H16FNO. The molecule has 0 spiro atoms. The first kappa shape index (κ1) is 11.0. The highest BCUT2D eigenvalue weighted by atomic mass is 19.1. The van der Waals surface area contributed by atoms with Gasteiger partial charge in [-0.25, -0.2) is 4.39 Å². The Bertz CT molecular complexity index is 299. The van der Waals surface area contributed by atoms with Gasteiger partial charge < -0.3 is 10.4 Å². The molecule has 0 bridgehead atoms. The minimum Gasteiger partial charge on any atom is -0.396 e. The van der Waals surface area contributed by atoms with Gasteiger partial charge in [0.2, 0.25) is 0 Å². The van der Waals surface area contributed by atoms with Crippen LogP contribution in [-0.2, 0) is 0 Å². The van der Waals surface area contributed by atoms with Crippen LogP contribution < -0.4 is 5.32 Å². The van der Waals surface area contributed by atoms with Gasteiger partial charge in [0.25, 0.3) is 0 Å². The van der Waals surface area contributed by atoms with Crippen molar-refractivity contribution in [1.82, 2.24) is 0 Å². The van der Waals surface area contributed by atoms with E-state index in [0.29, 0.717) is 12.2 Å². The van der Waals surface area contributed by atoms with Gasteiger partial charge in [0.05, 0.1) is 5.69 Å². The molecule has 1 rings (SSSR count). The molecule has 0 aliphatic heterocycles. The highest BCUT2D eigenvalue weighted by Crippen LogP contribution is 2.17. The SMILES string of the molecule is CC(C)(CO)CNc1ccccc1F. The molecule has 14 heavy (non-hydrogen) atoms. The van der Waals surface area contributed by atoms with Crippen molar-refractivity contribution in [2.24, 2.45) is 5.41 Å². The summed E-state index contributed by atoms with van der Waals surface area (Å²) in [7, 11) is 0. The zero-order valence-corrected chi connectivity index (χ0v) is 8.55. The number of benzene rings is 1. The lowest BCUT2D eigenvalue weighted by atomic mass is 9.95. The molecule has 1 aromatic rings. The molecule has 3 heteroatoms. The van der Waals surface area contributed by atoms with Gasteiger partial charge >= 0.3 is 0 Å².